The lowest BCUT2D eigenvalue weighted by Crippen LogP contribution is -2.06. The highest BCUT2D eigenvalue weighted by molar-refractivity contribution is 5.65. The Balaban J connectivity index is 2.50. The molecule has 0 aliphatic carbocycles. The van der Waals surface area contributed by atoms with Crippen LogP contribution in [0.25, 0.3) is 11.4 Å². The van der Waals surface area contributed by atoms with Crippen molar-refractivity contribution in [3.63, 3.8) is 0 Å². The minimum absolute atomic E-state index is 0.139. The maximum atomic E-state index is 13.0. The minimum atomic E-state index is -0.481. The number of hydrogen-bond donors (Lipinski definition) is 2. The van der Waals surface area contributed by atoms with Gasteiger partial charge in [0.2, 0.25) is 5.95 Å². The van der Waals surface area contributed by atoms with E-state index in [-0.39, 0.29) is 5.75 Å². The smallest absolute Gasteiger partial charge is 0.224 e. The number of nitrogens with one attached hydrogen (secondary N) is 1. The molecule has 6 heteroatoms. The lowest BCUT2D eigenvalue weighted by atomic mass is 10.2. The minimum Gasteiger partial charge on any atom is -0.507 e. The van der Waals surface area contributed by atoms with Crippen LogP contribution >= 0.6 is 0 Å². The predicted octanol–water partition coefficient (Wildman–Crippen LogP) is 2.24. The van der Waals surface area contributed by atoms with Crippen LogP contribution in [0.3, 0.4) is 0 Å². The second-order valence-corrected chi connectivity index (χ2v) is 3.78. The van der Waals surface area contributed by atoms with Crippen molar-refractivity contribution in [3.8, 4) is 17.1 Å². The second kappa shape index (κ2) is 5.03. The van der Waals surface area contributed by atoms with Gasteiger partial charge >= 0.3 is 0 Å². The van der Waals surface area contributed by atoms with Gasteiger partial charge in [-0.15, -0.1) is 10.2 Å². The molecule has 1 aromatic heterocycles. The first kappa shape index (κ1) is 12.3. The molecule has 1 aromatic carbocycles. The van der Waals surface area contributed by atoms with E-state index in [0.717, 1.165) is 12.6 Å². The van der Waals surface area contributed by atoms with Gasteiger partial charge in [-0.2, -0.15) is 0 Å². The molecule has 0 aliphatic heterocycles. The van der Waals surface area contributed by atoms with Crippen LogP contribution < -0.4 is 5.32 Å². The van der Waals surface area contributed by atoms with Gasteiger partial charge in [-0.3, -0.25) is 4.57 Å². The lowest BCUT2D eigenvalue weighted by Gasteiger charge is -2.09. The first-order valence-corrected chi connectivity index (χ1v) is 5.83. The van der Waals surface area contributed by atoms with Crippen molar-refractivity contribution < 1.29 is 9.50 Å². The molecule has 5 nitrogen and oxygen atoms in total. The van der Waals surface area contributed by atoms with Crippen LogP contribution in [0.5, 0.6) is 5.75 Å². The highest BCUT2D eigenvalue weighted by Gasteiger charge is 2.15. The number of rotatable bonds is 4. The van der Waals surface area contributed by atoms with Gasteiger partial charge < -0.3 is 10.4 Å². The number of nitrogens with zero attached hydrogens (tertiary/aromatic N) is 3. The Bertz CT molecular complexity index is 553. The Kier molecular flexibility index (Phi) is 3.45. The summed E-state index contributed by atoms with van der Waals surface area (Å²) in [5.41, 5.74) is 0.468. The molecule has 0 atom stereocenters. The molecule has 2 N–H and O–H groups in total. The number of aromatic hydroxyl groups is 1. The summed E-state index contributed by atoms with van der Waals surface area (Å²) in [5.74, 6) is 0.538. The third-order valence-electron chi connectivity index (χ3n) is 2.60. The molecule has 0 unspecified atom stereocenters. The highest BCUT2D eigenvalue weighted by atomic mass is 19.1. The van der Waals surface area contributed by atoms with Crippen LogP contribution in [-0.4, -0.2) is 26.4 Å². The number of anilines is 1. The summed E-state index contributed by atoms with van der Waals surface area (Å²) in [7, 11) is 0. The van der Waals surface area contributed by atoms with Crippen molar-refractivity contribution in [2.75, 3.05) is 11.9 Å². The fraction of sp³-hybridized carbons (Fsp3) is 0.333. The molecule has 0 spiro atoms. The molecular formula is C12H15FN4O. The van der Waals surface area contributed by atoms with Gasteiger partial charge in [0.15, 0.2) is 5.82 Å². The zero-order valence-corrected chi connectivity index (χ0v) is 10.3. The Morgan fingerprint density at radius 2 is 2.11 bits per heavy atom. The van der Waals surface area contributed by atoms with E-state index in [1.165, 1.54) is 12.1 Å². The molecular weight excluding hydrogens is 235 g/mol. The van der Waals surface area contributed by atoms with Gasteiger partial charge in [0.25, 0.3) is 0 Å². The summed E-state index contributed by atoms with van der Waals surface area (Å²) in [6, 6.07) is 3.85. The number of phenols is 1. The van der Waals surface area contributed by atoms with Crippen molar-refractivity contribution in [1.29, 1.82) is 0 Å². The average Bonchev–Trinajstić information content (AvgIpc) is 2.72. The number of benzene rings is 1. The van der Waals surface area contributed by atoms with E-state index in [0.29, 0.717) is 23.9 Å². The van der Waals surface area contributed by atoms with Crippen LogP contribution in [0.15, 0.2) is 18.2 Å². The van der Waals surface area contributed by atoms with E-state index in [2.05, 4.69) is 15.5 Å². The fourth-order valence-electron chi connectivity index (χ4n) is 1.78. The first-order chi connectivity index (χ1) is 8.67. The molecule has 2 rings (SSSR count). The molecule has 0 fully saturated rings. The van der Waals surface area contributed by atoms with Crippen molar-refractivity contribution in [2.45, 2.75) is 20.4 Å². The molecule has 1 heterocycles. The van der Waals surface area contributed by atoms with Crippen molar-refractivity contribution >= 4 is 5.95 Å². The molecule has 0 radical (unpaired) electrons. The fourth-order valence-corrected chi connectivity index (χ4v) is 1.78. The van der Waals surface area contributed by atoms with E-state index >= 15 is 0 Å². The molecule has 0 saturated carbocycles. The van der Waals surface area contributed by atoms with Crippen LogP contribution in [0.1, 0.15) is 13.8 Å². The summed E-state index contributed by atoms with van der Waals surface area (Å²) in [4.78, 5) is 0. The van der Waals surface area contributed by atoms with E-state index in [1.54, 1.807) is 0 Å². The van der Waals surface area contributed by atoms with E-state index in [1.807, 2.05) is 18.4 Å². The summed E-state index contributed by atoms with van der Waals surface area (Å²) < 4.78 is 14.8. The predicted molar refractivity (Wildman–Crippen MR) is 66.9 cm³/mol. The largest absolute Gasteiger partial charge is 0.507 e. The zero-order valence-electron chi connectivity index (χ0n) is 10.3. The normalized spacial score (nSPS) is 10.6. The van der Waals surface area contributed by atoms with Gasteiger partial charge in [0.1, 0.15) is 11.6 Å². The number of phenolic OH excluding ortho intramolecular Hbond substituents is 1. The maximum Gasteiger partial charge on any atom is 0.224 e. The van der Waals surface area contributed by atoms with Gasteiger partial charge in [-0.25, -0.2) is 4.39 Å². The van der Waals surface area contributed by atoms with Gasteiger partial charge in [-0.05, 0) is 26.0 Å². The lowest BCUT2D eigenvalue weighted by molar-refractivity contribution is 0.470. The number of aromatic nitrogens is 3. The van der Waals surface area contributed by atoms with Gasteiger partial charge in [-0.1, -0.05) is 0 Å². The summed E-state index contributed by atoms with van der Waals surface area (Å²) in [5, 5.41) is 20.9. The average molecular weight is 250 g/mol. The molecule has 0 amide bonds. The van der Waals surface area contributed by atoms with Crippen molar-refractivity contribution in [3.05, 3.63) is 24.0 Å². The Morgan fingerprint density at radius 1 is 1.33 bits per heavy atom. The summed E-state index contributed by atoms with van der Waals surface area (Å²) in [6.07, 6.45) is 0. The zero-order chi connectivity index (χ0) is 13.1. The van der Waals surface area contributed by atoms with Crippen LogP contribution in [-0.2, 0) is 6.54 Å². The Labute approximate surface area is 104 Å². The molecule has 96 valence electrons. The highest BCUT2D eigenvalue weighted by Crippen LogP contribution is 2.29. The third-order valence-corrected chi connectivity index (χ3v) is 2.60. The SMILES string of the molecule is CCNc1nnc(-c2ccc(F)cc2O)n1CC. The van der Waals surface area contributed by atoms with E-state index < -0.39 is 5.82 Å². The van der Waals surface area contributed by atoms with Gasteiger partial charge in [0, 0.05) is 19.2 Å². The molecule has 0 bridgehead atoms. The van der Waals surface area contributed by atoms with Crippen LogP contribution in [0, 0.1) is 5.82 Å². The van der Waals surface area contributed by atoms with Crippen molar-refractivity contribution in [1.82, 2.24) is 14.8 Å². The maximum absolute atomic E-state index is 13.0. The molecule has 0 saturated heterocycles. The standard InChI is InChI=1S/C12H15FN4O/c1-3-14-12-16-15-11(17(12)4-2)9-6-5-8(13)7-10(9)18/h5-7,18H,3-4H2,1-2H3,(H,14,16). The topological polar surface area (TPSA) is 63.0 Å². The van der Waals surface area contributed by atoms with Crippen LogP contribution in [0.2, 0.25) is 0 Å². The van der Waals surface area contributed by atoms with E-state index in [9.17, 15) is 9.50 Å². The third kappa shape index (κ3) is 2.13. The first-order valence-electron chi connectivity index (χ1n) is 5.83. The number of halogens is 1. The molecule has 0 aliphatic rings. The molecule has 2 aromatic rings. The summed E-state index contributed by atoms with van der Waals surface area (Å²) >= 11 is 0. The second-order valence-electron chi connectivity index (χ2n) is 3.78. The Hall–Kier alpha value is -2.11. The van der Waals surface area contributed by atoms with Gasteiger partial charge in [0.05, 0.1) is 5.56 Å². The summed E-state index contributed by atoms with van der Waals surface area (Å²) in [6.45, 7) is 5.30. The quantitative estimate of drug-likeness (QED) is 0.873. The van der Waals surface area contributed by atoms with Crippen molar-refractivity contribution in [2.24, 2.45) is 0 Å². The van der Waals surface area contributed by atoms with Crippen LogP contribution in [0.4, 0.5) is 10.3 Å². The monoisotopic (exact) mass is 250 g/mol. The number of hydrogen-bond acceptors (Lipinski definition) is 4. The Morgan fingerprint density at radius 3 is 2.72 bits per heavy atom. The van der Waals surface area contributed by atoms with E-state index in [4.69, 9.17) is 0 Å². The molecule has 18 heavy (non-hydrogen) atoms.